The molecule has 0 fully saturated rings. The minimum Gasteiger partial charge on any atom is -0.388 e. The average Bonchev–Trinajstić information content (AvgIpc) is 2.42. The molecule has 21 heavy (non-hydrogen) atoms. The molecule has 9 heteroatoms. The second-order valence-corrected chi connectivity index (χ2v) is 6.04. The fourth-order valence-electron chi connectivity index (χ4n) is 1.56. The number of benzene rings is 1. The Hall–Kier alpha value is -2.13. The van der Waals surface area contributed by atoms with Crippen molar-refractivity contribution in [3.63, 3.8) is 0 Å². The highest BCUT2D eigenvalue weighted by Gasteiger charge is 2.21. The van der Waals surface area contributed by atoms with Crippen LogP contribution in [-0.2, 0) is 10.0 Å². The fourth-order valence-corrected chi connectivity index (χ4v) is 3.01. The van der Waals surface area contributed by atoms with Gasteiger partial charge < -0.3 is 5.73 Å². The predicted octanol–water partition coefficient (Wildman–Crippen LogP) is 1.79. The van der Waals surface area contributed by atoms with Gasteiger partial charge in [-0.15, -0.1) is 0 Å². The first-order chi connectivity index (χ1) is 9.81. The molecule has 1 aromatic heterocycles. The highest BCUT2D eigenvalue weighted by Crippen LogP contribution is 2.20. The summed E-state index contributed by atoms with van der Waals surface area (Å²) in [7, 11) is -4.09. The summed E-state index contributed by atoms with van der Waals surface area (Å²) < 4.78 is 52.5. The Morgan fingerprint density at radius 3 is 2.57 bits per heavy atom. The predicted molar refractivity (Wildman–Crippen MR) is 77.3 cm³/mol. The number of nitrogens with zero attached hydrogens (tertiary/aromatic N) is 1. The number of hydrogen-bond donors (Lipinski definition) is 2. The summed E-state index contributed by atoms with van der Waals surface area (Å²) in [6, 6.07) is 5.27. The number of halogens is 2. The van der Waals surface area contributed by atoms with Crippen LogP contribution in [0.1, 0.15) is 5.69 Å². The van der Waals surface area contributed by atoms with Crippen molar-refractivity contribution >= 4 is 32.9 Å². The molecule has 2 rings (SSSR count). The van der Waals surface area contributed by atoms with Crippen LogP contribution in [0, 0.1) is 11.6 Å². The monoisotopic (exact) mass is 329 g/mol. The molecule has 0 spiro atoms. The van der Waals surface area contributed by atoms with Crippen LogP contribution in [0.25, 0.3) is 0 Å². The Labute approximate surface area is 124 Å². The molecule has 0 radical (unpaired) electrons. The van der Waals surface area contributed by atoms with Crippen molar-refractivity contribution in [2.75, 3.05) is 4.72 Å². The van der Waals surface area contributed by atoms with Gasteiger partial charge in [-0.1, -0.05) is 12.2 Å². The lowest BCUT2D eigenvalue weighted by Gasteiger charge is -2.10. The normalized spacial score (nSPS) is 11.1. The van der Waals surface area contributed by atoms with Crippen LogP contribution < -0.4 is 10.5 Å². The first-order valence-corrected chi connectivity index (χ1v) is 7.43. The summed E-state index contributed by atoms with van der Waals surface area (Å²) in [5.41, 5.74) is 5.20. The van der Waals surface area contributed by atoms with Gasteiger partial charge in [0, 0.05) is 12.3 Å². The topological polar surface area (TPSA) is 85.1 Å². The van der Waals surface area contributed by atoms with Crippen molar-refractivity contribution in [2.24, 2.45) is 5.73 Å². The molecule has 0 aliphatic rings. The van der Waals surface area contributed by atoms with Gasteiger partial charge in [0.05, 0.1) is 5.69 Å². The zero-order chi connectivity index (χ0) is 15.6. The van der Waals surface area contributed by atoms with E-state index < -0.39 is 21.7 Å². The Balaban J connectivity index is 2.43. The quantitative estimate of drug-likeness (QED) is 0.836. The smallest absolute Gasteiger partial charge is 0.264 e. The SMILES string of the molecule is NC(=S)c1ncccc1S(=O)(=O)Nc1ccc(F)c(F)c1. The summed E-state index contributed by atoms with van der Waals surface area (Å²) in [5, 5.41) is 0. The second-order valence-electron chi connectivity index (χ2n) is 3.95. The van der Waals surface area contributed by atoms with Gasteiger partial charge in [-0.05, 0) is 24.3 Å². The van der Waals surface area contributed by atoms with Crippen LogP contribution in [0.5, 0.6) is 0 Å². The molecule has 0 amide bonds. The van der Waals surface area contributed by atoms with Crippen molar-refractivity contribution < 1.29 is 17.2 Å². The molecular weight excluding hydrogens is 320 g/mol. The Bertz CT molecular complexity index is 810. The summed E-state index contributed by atoms with van der Waals surface area (Å²) in [6.45, 7) is 0. The molecule has 0 saturated carbocycles. The van der Waals surface area contributed by atoms with Crippen LogP contribution in [-0.4, -0.2) is 18.4 Å². The molecule has 5 nitrogen and oxygen atoms in total. The average molecular weight is 329 g/mol. The lowest BCUT2D eigenvalue weighted by Crippen LogP contribution is -2.21. The summed E-state index contributed by atoms with van der Waals surface area (Å²) >= 11 is 4.73. The van der Waals surface area contributed by atoms with Crippen molar-refractivity contribution in [2.45, 2.75) is 4.90 Å². The Morgan fingerprint density at radius 1 is 1.24 bits per heavy atom. The van der Waals surface area contributed by atoms with E-state index in [9.17, 15) is 17.2 Å². The third kappa shape index (κ3) is 3.31. The van der Waals surface area contributed by atoms with Crippen molar-refractivity contribution in [1.82, 2.24) is 4.98 Å². The highest BCUT2D eigenvalue weighted by molar-refractivity contribution is 7.93. The van der Waals surface area contributed by atoms with Gasteiger partial charge in [0.15, 0.2) is 11.6 Å². The molecule has 2 aromatic rings. The molecule has 0 atom stereocenters. The van der Waals surface area contributed by atoms with Gasteiger partial charge in [0.2, 0.25) is 0 Å². The minimum atomic E-state index is -4.09. The van der Waals surface area contributed by atoms with E-state index >= 15 is 0 Å². The van der Waals surface area contributed by atoms with Crippen LogP contribution in [0.15, 0.2) is 41.4 Å². The zero-order valence-electron chi connectivity index (χ0n) is 10.4. The summed E-state index contributed by atoms with van der Waals surface area (Å²) in [5.74, 6) is -2.25. The van der Waals surface area contributed by atoms with Crippen LogP contribution >= 0.6 is 12.2 Å². The largest absolute Gasteiger partial charge is 0.388 e. The van der Waals surface area contributed by atoms with Gasteiger partial charge in [0.1, 0.15) is 15.6 Å². The standard InChI is InChI=1S/C12H9F2N3O2S2/c13-8-4-3-7(6-9(8)14)17-21(18,19)10-2-1-5-16-11(10)12(15)20/h1-6,17H,(H2,15,20). The van der Waals surface area contributed by atoms with Gasteiger partial charge in [-0.2, -0.15) is 0 Å². The van der Waals surface area contributed by atoms with Crippen LogP contribution in [0.2, 0.25) is 0 Å². The fraction of sp³-hybridized carbons (Fsp3) is 0. The van der Waals surface area contributed by atoms with Crippen molar-refractivity contribution in [1.29, 1.82) is 0 Å². The second kappa shape index (κ2) is 5.70. The van der Waals surface area contributed by atoms with E-state index in [1.54, 1.807) is 0 Å². The third-order valence-electron chi connectivity index (χ3n) is 2.47. The molecule has 0 unspecified atom stereocenters. The third-order valence-corrected chi connectivity index (χ3v) is 4.07. The van der Waals surface area contributed by atoms with Crippen molar-refractivity contribution in [3.05, 3.63) is 53.9 Å². The van der Waals surface area contributed by atoms with E-state index in [0.29, 0.717) is 0 Å². The summed E-state index contributed by atoms with van der Waals surface area (Å²) in [6.07, 6.45) is 1.34. The van der Waals surface area contributed by atoms with Gasteiger partial charge >= 0.3 is 0 Å². The van der Waals surface area contributed by atoms with E-state index in [2.05, 4.69) is 9.71 Å². The van der Waals surface area contributed by atoms with E-state index in [1.165, 1.54) is 18.3 Å². The van der Waals surface area contributed by atoms with E-state index in [0.717, 1.165) is 18.2 Å². The minimum absolute atomic E-state index is 0.0809. The van der Waals surface area contributed by atoms with Crippen LogP contribution in [0.3, 0.4) is 0 Å². The maximum atomic E-state index is 13.1. The first kappa shape index (κ1) is 15.3. The van der Waals surface area contributed by atoms with Gasteiger partial charge in [-0.3, -0.25) is 9.71 Å². The first-order valence-electron chi connectivity index (χ1n) is 5.54. The van der Waals surface area contributed by atoms with Crippen LogP contribution in [0.4, 0.5) is 14.5 Å². The zero-order valence-corrected chi connectivity index (χ0v) is 12.0. The number of anilines is 1. The number of nitrogens with one attached hydrogen (secondary N) is 1. The lowest BCUT2D eigenvalue weighted by atomic mass is 10.3. The summed E-state index contributed by atoms with van der Waals surface area (Å²) in [4.78, 5) is 3.36. The highest BCUT2D eigenvalue weighted by atomic mass is 32.2. The molecular formula is C12H9F2N3O2S2. The maximum Gasteiger partial charge on any atom is 0.264 e. The number of thiocarbonyl (C=S) groups is 1. The molecule has 0 aliphatic heterocycles. The van der Waals surface area contributed by atoms with E-state index in [-0.39, 0.29) is 21.3 Å². The lowest BCUT2D eigenvalue weighted by molar-refractivity contribution is 0.509. The van der Waals surface area contributed by atoms with E-state index in [4.69, 9.17) is 18.0 Å². The molecule has 1 aromatic carbocycles. The molecule has 0 aliphatic carbocycles. The number of sulfonamides is 1. The molecule has 0 saturated heterocycles. The maximum absolute atomic E-state index is 13.1. The van der Waals surface area contributed by atoms with Crippen molar-refractivity contribution in [3.8, 4) is 0 Å². The molecule has 0 bridgehead atoms. The van der Waals surface area contributed by atoms with Gasteiger partial charge in [-0.25, -0.2) is 17.2 Å². The number of hydrogen-bond acceptors (Lipinski definition) is 4. The molecule has 3 N–H and O–H groups in total. The molecule has 110 valence electrons. The Kier molecular flexibility index (Phi) is 4.14. The number of nitrogens with two attached hydrogens (primary N) is 1. The van der Waals surface area contributed by atoms with Gasteiger partial charge in [0.25, 0.3) is 10.0 Å². The number of pyridine rings is 1. The number of rotatable bonds is 4. The Morgan fingerprint density at radius 2 is 1.95 bits per heavy atom. The number of aromatic nitrogens is 1. The van der Waals surface area contributed by atoms with E-state index in [1.807, 2.05) is 0 Å². The molecule has 1 heterocycles.